The first-order valence-corrected chi connectivity index (χ1v) is 9.72. The average molecular weight is 403 g/mol. The third-order valence-electron chi connectivity index (χ3n) is 3.57. The number of hydrogen-bond donors (Lipinski definition) is 1. The van der Waals surface area contributed by atoms with Gasteiger partial charge in [0, 0.05) is 18.1 Å². The molecule has 3 aromatic rings. The number of thiophene rings is 1. The van der Waals surface area contributed by atoms with Crippen molar-refractivity contribution in [3.8, 4) is 11.5 Å². The van der Waals surface area contributed by atoms with Crippen molar-refractivity contribution >= 4 is 40.0 Å². The zero-order valence-electron chi connectivity index (χ0n) is 14.9. The van der Waals surface area contributed by atoms with Crippen LogP contribution in [0.4, 0.5) is 5.00 Å². The van der Waals surface area contributed by atoms with Crippen LogP contribution < -0.4 is 5.32 Å². The highest BCUT2D eigenvalue weighted by Crippen LogP contribution is 2.29. The van der Waals surface area contributed by atoms with E-state index in [1.807, 2.05) is 32.2 Å². The molecule has 1 N–H and O–H groups in total. The van der Waals surface area contributed by atoms with E-state index in [4.69, 9.17) is 4.74 Å². The fourth-order valence-electron chi connectivity index (χ4n) is 2.32. The zero-order valence-corrected chi connectivity index (χ0v) is 16.6. The highest BCUT2D eigenvalue weighted by atomic mass is 32.2. The van der Waals surface area contributed by atoms with E-state index in [1.54, 1.807) is 16.8 Å². The Hall–Kier alpha value is -2.72. The van der Waals surface area contributed by atoms with Crippen LogP contribution >= 0.6 is 23.1 Å². The molecule has 0 aromatic carbocycles. The monoisotopic (exact) mass is 403 g/mol. The van der Waals surface area contributed by atoms with E-state index in [1.165, 1.54) is 30.2 Å². The van der Waals surface area contributed by atoms with E-state index < -0.39 is 5.97 Å². The van der Waals surface area contributed by atoms with Gasteiger partial charge in [0.15, 0.2) is 11.0 Å². The van der Waals surface area contributed by atoms with Crippen molar-refractivity contribution in [1.29, 1.82) is 0 Å². The number of nitrogens with zero attached hydrogens (tertiary/aromatic N) is 4. The van der Waals surface area contributed by atoms with Crippen molar-refractivity contribution < 1.29 is 14.3 Å². The zero-order chi connectivity index (χ0) is 19.4. The fourth-order valence-corrected chi connectivity index (χ4v) is 3.95. The summed E-state index contributed by atoms with van der Waals surface area (Å²) in [4.78, 5) is 29.3. The molecule has 3 heterocycles. The van der Waals surface area contributed by atoms with Gasteiger partial charge in [-0.1, -0.05) is 17.8 Å². The van der Waals surface area contributed by atoms with Gasteiger partial charge in [0.05, 0.1) is 18.4 Å². The lowest BCUT2D eigenvalue weighted by atomic mass is 10.3. The molecule has 0 aliphatic heterocycles. The average Bonchev–Trinajstić information content (AvgIpc) is 3.22. The van der Waals surface area contributed by atoms with Gasteiger partial charge in [-0.3, -0.25) is 9.78 Å². The minimum Gasteiger partial charge on any atom is -0.465 e. The van der Waals surface area contributed by atoms with Crippen LogP contribution in [0.2, 0.25) is 0 Å². The van der Waals surface area contributed by atoms with Crippen LogP contribution in [0.25, 0.3) is 11.5 Å². The number of ether oxygens (including phenoxy) is 1. The molecule has 140 valence electrons. The molecule has 27 heavy (non-hydrogen) atoms. The van der Waals surface area contributed by atoms with E-state index in [0.29, 0.717) is 27.2 Å². The van der Waals surface area contributed by atoms with Gasteiger partial charge in [-0.15, -0.1) is 21.5 Å². The molecule has 0 bridgehead atoms. The molecule has 0 unspecified atom stereocenters. The van der Waals surface area contributed by atoms with Crippen molar-refractivity contribution in [1.82, 2.24) is 19.7 Å². The molecular weight excluding hydrogens is 386 g/mol. The Balaban J connectivity index is 1.65. The van der Waals surface area contributed by atoms with E-state index >= 15 is 0 Å². The van der Waals surface area contributed by atoms with E-state index in [-0.39, 0.29) is 11.7 Å². The topological polar surface area (TPSA) is 99.0 Å². The second-order valence-electron chi connectivity index (χ2n) is 5.51. The molecule has 0 fully saturated rings. The molecule has 0 aliphatic rings. The summed E-state index contributed by atoms with van der Waals surface area (Å²) in [5.74, 6) is 0.0385. The summed E-state index contributed by atoms with van der Waals surface area (Å²) < 4.78 is 6.53. The van der Waals surface area contributed by atoms with Gasteiger partial charge in [-0.05, 0) is 25.1 Å². The number of carbonyl (C=O) groups is 2. The van der Waals surface area contributed by atoms with E-state index in [2.05, 4.69) is 20.5 Å². The first-order chi connectivity index (χ1) is 13.0. The Morgan fingerprint density at radius 3 is 2.85 bits per heavy atom. The number of esters is 1. The second kappa shape index (κ2) is 8.31. The SMILES string of the molecule is COC(=O)c1cc(C)sc1NC(=O)CSc1nnc(-c2ccccn2)n1C. The molecular formula is C17H17N5O3S2. The standard InChI is InChI=1S/C17H17N5O3S2/c1-10-8-11(16(24)25-3)15(27-10)19-13(23)9-26-17-21-20-14(22(17)2)12-6-4-5-7-18-12/h4-8H,9H2,1-3H3,(H,19,23). The summed E-state index contributed by atoms with van der Waals surface area (Å²) >= 11 is 2.58. The van der Waals surface area contributed by atoms with Crippen molar-refractivity contribution in [3.63, 3.8) is 0 Å². The molecule has 10 heteroatoms. The normalized spacial score (nSPS) is 10.6. The lowest BCUT2D eigenvalue weighted by Gasteiger charge is -2.05. The van der Waals surface area contributed by atoms with Crippen molar-refractivity contribution in [2.45, 2.75) is 12.1 Å². The largest absolute Gasteiger partial charge is 0.465 e. The molecule has 0 saturated carbocycles. The maximum atomic E-state index is 12.3. The molecule has 0 atom stereocenters. The Labute approximate surface area is 164 Å². The molecule has 8 nitrogen and oxygen atoms in total. The summed E-state index contributed by atoms with van der Waals surface area (Å²) in [6.07, 6.45) is 1.69. The molecule has 0 saturated heterocycles. The number of methoxy groups -OCH3 is 1. The molecule has 0 aliphatic carbocycles. The summed E-state index contributed by atoms with van der Waals surface area (Å²) in [6, 6.07) is 7.24. The highest BCUT2D eigenvalue weighted by molar-refractivity contribution is 7.99. The van der Waals surface area contributed by atoms with Gasteiger partial charge in [0.25, 0.3) is 0 Å². The third kappa shape index (κ3) is 4.34. The smallest absolute Gasteiger partial charge is 0.340 e. The van der Waals surface area contributed by atoms with Crippen LogP contribution in [0.15, 0.2) is 35.6 Å². The Bertz CT molecular complexity index is 968. The van der Waals surface area contributed by atoms with Crippen molar-refractivity contribution in [2.24, 2.45) is 7.05 Å². The first-order valence-electron chi connectivity index (χ1n) is 7.91. The lowest BCUT2D eigenvalue weighted by molar-refractivity contribution is -0.113. The molecule has 0 radical (unpaired) electrons. The number of aromatic nitrogens is 4. The van der Waals surface area contributed by atoms with Crippen molar-refractivity contribution in [2.75, 3.05) is 18.2 Å². The summed E-state index contributed by atoms with van der Waals surface area (Å²) in [5, 5.41) is 12.1. The van der Waals surface area contributed by atoms with Crippen LogP contribution in [0.1, 0.15) is 15.2 Å². The second-order valence-corrected chi connectivity index (χ2v) is 7.71. The Morgan fingerprint density at radius 2 is 2.15 bits per heavy atom. The summed E-state index contributed by atoms with van der Waals surface area (Å²) in [7, 11) is 3.13. The predicted octanol–water partition coefficient (Wildman–Crippen LogP) is 2.76. The molecule has 0 spiro atoms. The van der Waals surface area contributed by atoms with E-state index in [0.717, 1.165) is 4.88 Å². The number of thioether (sulfide) groups is 1. The lowest BCUT2D eigenvalue weighted by Crippen LogP contribution is -2.16. The fraction of sp³-hybridized carbons (Fsp3) is 0.235. The van der Waals surface area contributed by atoms with Crippen LogP contribution in [0.3, 0.4) is 0 Å². The van der Waals surface area contributed by atoms with Gasteiger partial charge >= 0.3 is 5.97 Å². The van der Waals surface area contributed by atoms with Gasteiger partial charge in [0.2, 0.25) is 5.91 Å². The van der Waals surface area contributed by atoms with Crippen LogP contribution in [-0.2, 0) is 16.6 Å². The maximum Gasteiger partial charge on any atom is 0.340 e. The van der Waals surface area contributed by atoms with Gasteiger partial charge in [-0.25, -0.2) is 4.79 Å². The van der Waals surface area contributed by atoms with Crippen molar-refractivity contribution in [3.05, 3.63) is 40.9 Å². The number of amides is 1. The molecule has 3 aromatic heterocycles. The maximum absolute atomic E-state index is 12.3. The van der Waals surface area contributed by atoms with Gasteiger partial charge in [-0.2, -0.15) is 0 Å². The molecule has 1 amide bonds. The predicted molar refractivity (Wildman–Crippen MR) is 104 cm³/mol. The molecule has 3 rings (SSSR count). The Kier molecular flexibility index (Phi) is 5.87. The minimum absolute atomic E-state index is 0.131. The number of pyridine rings is 1. The number of carbonyl (C=O) groups excluding carboxylic acids is 2. The van der Waals surface area contributed by atoms with Crippen LogP contribution in [0.5, 0.6) is 0 Å². The summed E-state index contributed by atoms with van der Waals surface area (Å²) in [5.41, 5.74) is 1.06. The summed E-state index contributed by atoms with van der Waals surface area (Å²) in [6.45, 7) is 1.86. The van der Waals surface area contributed by atoms with Crippen LogP contribution in [0, 0.1) is 6.92 Å². The number of aryl methyl sites for hydroxylation is 1. The highest BCUT2D eigenvalue weighted by Gasteiger charge is 2.18. The van der Waals surface area contributed by atoms with Gasteiger partial charge < -0.3 is 14.6 Å². The first kappa shape index (κ1) is 19.1. The van der Waals surface area contributed by atoms with Crippen LogP contribution in [-0.4, -0.2) is 44.5 Å². The number of rotatable bonds is 6. The van der Waals surface area contributed by atoms with Gasteiger partial charge in [0.1, 0.15) is 10.7 Å². The minimum atomic E-state index is -0.476. The number of anilines is 1. The quantitative estimate of drug-likeness (QED) is 0.499. The third-order valence-corrected chi connectivity index (χ3v) is 5.56. The number of hydrogen-bond acceptors (Lipinski definition) is 8. The number of nitrogens with one attached hydrogen (secondary N) is 1. The Morgan fingerprint density at radius 1 is 1.33 bits per heavy atom. The van der Waals surface area contributed by atoms with E-state index in [9.17, 15) is 9.59 Å².